The fourth-order valence-corrected chi connectivity index (χ4v) is 6.42. The smallest absolute Gasteiger partial charge is 0.271 e. The summed E-state index contributed by atoms with van der Waals surface area (Å²) in [6, 6.07) is 30.3. The molecule has 46 heavy (non-hydrogen) atoms. The number of allylic oxidation sites excluding steroid dienone is 1. The van der Waals surface area contributed by atoms with E-state index < -0.39 is 6.04 Å². The number of nitrogens with one attached hydrogen (secondary N) is 1. The van der Waals surface area contributed by atoms with E-state index in [2.05, 4.69) is 11.4 Å². The highest BCUT2D eigenvalue weighted by Gasteiger charge is 2.32. The number of aromatic nitrogens is 1. The number of anilines is 1. The molecule has 1 aliphatic heterocycles. The van der Waals surface area contributed by atoms with Gasteiger partial charge in [-0.05, 0) is 66.6 Å². The van der Waals surface area contributed by atoms with Crippen molar-refractivity contribution in [1.82, 2.24) is 4.57 Å². The van der Waals surface area contributed by atoms with Crippen LogP contribution in [0.4, 0.5) is 5.69 Å². The summed E-state index contributed by atoms with van der Waals surface area (Å²) in [6.07, 6.45) is 1.77. The fraction of sp³-hybridized carbons (Fsp3) is 0.111. The van der Waals surface area contributed by atoms with Crippen LogP contribution >= 0.6 is 22.9 Å². The second-order valence-corrected chi connectivity index (χ2v) is 11.9. The number of amides is 1. The first kappa shape index (κ1) is 30.6. The Kier molecular flexibility index (Phi) is 8.83. The van der Waals surface area contributed by atoms with E-state index in [0.717, 1.165) is 11.1 Å². The molecule has 0 bridgehead atoms. The van der Waals surface area contributed by atoms with Gasteiger partial charge in [0.2, 0.25) is 0 Å². The molecule has 0 fully saturated rings. The number of thiazole rings is 1. The highest BCUT2D eigenvalue weighted by atomic mass is 35.5. The van der Waals surface area contributed by atoms with E-state index in [9.17, 15) is 14.9 Å². The number of fused-ring (bicyclic) bond motifs is 1. The van der Waals surface area contributed by atoms with Gasteiger partial charge in [-0.15, -0.1) is 0 Å². The first-order valence-electron chi connectivity index (χ1n) is 14.3. The Labute approximate surface area is 273 Å². The summed E-state index contributed by atoms with van der Waals surface area (Å²) in [5, 5.41) is 12.9. The van der Waals surface area contributed by atoms with Crippen molar-refractivity contribution in [1.29, 1.82) is 5.26 Å². The molecule has 0 spiro atoms. The number of rotatable bonds is 8. The molecule has 1 aliphatic rings. The van der Waals surface area contributed by atoms with Crippen LogP contribution in [0.3, 0.4) is 0 Å². The lowest BCUT2D eigenvalue weighted by atomic mass is 9.95. The predicted molar refractivity (Wildman–Crippen MR) is 179 cm³/mol. The van der Waals surface area contributed by atoms with Crippen LogP contribution in [0.25, 0.3) is 6.08 Å². The molecule has 1 atom stereocenters. The normalized spacial score (nSPS) is 14.2. The second-order valence-electron chi connectivity index (χ2n) is 10.4. The minimum atomic E-state index is -0.721. The van der Waals surface area contributed by atoms with Crippen molar-refractivity contribution in [3.63, 3.8) is 0 Å². The third-order valence-corrected chi connectivity index (χ3v) is 8.73. The van der Waals surface area contributed by atoms with Gasteiger partial charge in [-0.1, -0.05) is 77.5 Å². The number of hydrogen-bond donors (Lipinski definition) is 1. The van der Waals surface area contributed by atoms with E-state index in [1.165, 1.54) is 11.3 Å². The van der Waals surface area contributed by atoms with E-state index in [-0.39, 0.29) is 18.1 Å². The Morgan fingerprint density at radius 3 is 2.52 bits per heavy atom. The van der Waals surface area contributed by atoms with Gasteiger partial charge >= 0.3 is 0 Å². The number of carbonyl (C=O) groups is 1. The quantitative estimate of drug-likeness (QED) is 0.223. The van der Waals surface area contributed by atoms with E-state index in [1.807, 2.05) is 48.5 Å². The van der Waals surface area contributed by atoms with Gasteiger partial charge < -0.3 is 14.8 Å². The Bertz CT molecular complexity index is 2200. The largest absolute Gasteiger partial charge is 0.493 e. The molecule has 6 rings (SSSR count). The number of hydrogen-bond acceptors (Lipinski definition) is 7. The van der Waals surface area contributed by atoms with Gasteiger partial charge in [0, 0.05) is 16.3 Å². The Morgan fingerprint density at radius 1 is 1.04 bits per heavy atom. The number of halogens is 1. The topological polar surface area (TPSA) is 106 Å². The summed E-state index contributed by atoms with van der Waals surface area (Å²) >= 11 is 7.44. The summed E-state index contributed by atoms with van der Waals surface area (Å²) in [5.41, 5.74) is 3.98. The van der Waals surface area contributed by atoms with Gasteiger partial charge in [-0.2, -0.15) is 5.26 Å². The number of ether oxygens (including phenoxy) is 2. The molecular formula is C36H27ClN4O4S. The summed E-state index contributed by atoms with van der Waals surface area (Å²) < 4.78 is 13.6. The molecule has 1 N–H and O–H groups in total. The van der Waals surface area contributed by atoms with E-state index >= 15 is 0 Å². The molecule has 0 aliphatic carbocycles. The van der Waals surface area contributed by atoms with Gasteiger partial charge in [0.25, 0.3) is 11.5 Å². The molecule has 5 aromatic rings. The Balaban J connectivity index is 1.37. The third-order valence-electron chi connectivity index (χ3n) is 7.49. The number of methoxy groups -OCH3 is 1. The second kappa shape index (κ2) is 13.3. The average Bonchev–Trinajstić information content (AvgIpc) is 3.37. The van der Waals surface area contributed by atoms with E-state index in [0.29, 0.717) is 53.9 Å². The van der Waals surface area contributed by atoms with Crippen molar-refractivity contribution in [2.45, 2.75) is 19.6 Å². The maximum Gasteiger partial charge on any atom is 0.271 e. The van der Waals surface area contributed by atoms with Crippen LogP contribution in [0.1, 0.15) is 35.2 Å². The number of carbonyl (C=O) groups excluding carboxylic acids is 1. The standard InChI is InChI=1S/C36H27ClN4O4S/c1-22-32(34(42)40-28-10-4-3-5-11-28)33(24-13-15-27(37)16-14-24)41-35(43)31(46-36(41)39-22)19-23-12-17-29(30(18-23)44-2)45-21-26-9-7-6-8-25(26)20-38/h3-19,33H,21H2,1-2H3,(H,40,42)/b31-19+/t33-/m1/s1. The lowest BCUT2D eigenvalue weighted by Crippen LogP contribution is -2.40. The van der Waals surface area contributed by atoms with Crippen molar-refractivity contribution in [3.05, 3.63) is 155 Å². The summed E-state index contributed by atoms with van der Waals surface area (Å²) in [6.45, 7) is 1.97. The van der Waals surface area contributed by atoms with E-state index in [1.54, 1.807) is 73.2 Å². The molecule has 0 saturated heterocycles. The van der Waals surface area contributed by atoms with Crippen LogP contribution in [-0.4, -0.2) is 17.6 Å². The predicted octanol–water partition coefficient (Wildman–Crippen LogP) is 5.99. The zero-order valence-electron chi connectivity index (χ0n) is 24.9. The van der Waals surface area contributed by atoms with Crippen LogP contribution < -0.4 is 29.7 Å². The molecular weight excluding hydrogens is 620 g/mol. The summed E-state index contributed by atoms with van der Waals surface area (Å²) in [4.78, 5) is 33.0. The molecule has 2 heterocycles. The molecule has 0 saturated carbocycles. The molecule has 0 unspecified atom stereocenters. The zero-order valence-corrected chi connectivity index (χ0v) is 26.4. The lowest BCUT2D eigenvalue weighted by Gasteiger charge is -2.25. The van der Waals surface area contributed by atoms with Crippen molar-refractivity contribution < 1.29 is 14.3 Å². The molecule has 0 radical (unpaired) electrons. The first-order chi connectivity index (χ1) is 22.4. The minimum absolute atomic E-state index is 0.197. The minimum Gasteiger partial charge on any atom is -0.493 e. The highest BCUT2D eigenvalue weighted by molar-refractivity contribution is 7.07. The third kappa shape index (κ3) is 6.22. The highest BCUT2D eigenvalue weighted by Crippen LogP contribution is 2.32. The zero-order chi connectivity index (χ0) is 32.2. The van der Waals surface area contributed by atoms with Crippen molar-refractivity contribution in [2.24, 2.45) is 4.99 Å². The van der Waals surface area contributed by atoms with Crippen molar-refractivity contribution in [3.8, 4) is 17.6 Å². The number of nitriles is 1. The number of para-hydroxylation sites is 1. The monoisotopic (exact) mass is 646 g/mol. The lowest BCUT2D eigenvalue weighted by molar-refractivity contribution is -0.113. The Hall–Kier alpha value is -5.43. The number of benzene rings is 4. The molecule has 1 amide bonds. The molecule has 228 valence electrons. The summed E-state index contributed by atoms with van der Waals surface area (Å²) in [7, 11) is 1.54. The van der Waals surface area contributed by atoms with Gasteiger partial charge in [-0.3, -0.25) is 14.2 Å². The molecule has 4 aromatic carbocycles. The SMILES string of the molecule is COc1cc(/C=c2/sc3n(c2=O)[C@H](c2ccc(Cl)cc2)C(C(=O)Nc2ccccc2)=C(C)N=3)ccc1OCc1ccccc1C#N. The fourth-order valence-electron chi connectivity index (χ4n) is 5.25. The van der Waals surface area contributed by atoms with Crippen LogP contribution in [0.15, 0.2) is 118 Å². The van der Waals surface area contributed by atoms with Crippen LogP contribution in [-0.2, 0) is 11.4 Å². The van der Waals surface area contributed by atoms with Crippen molar-refractivity contribution >= 4 is 40.6 Å². The molecule has 8 nitrogen and oxygen atoms in total. The van der Waals surface area contributed by atoms with Gasteiger partial charge in [0.15, 0.2) is 16.3 Å². The van der Waals surface area contributed by atoms with Gasteiger partial charge in [-0.25, -0.2) is 4.99 Å². The van der Waals surface area contributed by atoms with Crippen LogP contribution in [0.2, 0.25) is 5.02 Å². The van der Waals surface area contributed by atoms with Crippen LogP contribution in [0, 0.1) is 11.3 Å². The maximum atomic E-state index is 14.1. The Morgan fingerprint density at radius 2 is 1.78 bits per heavy atom. The average molecular weight is 647 g/mol. The van der Waals surface area contributed by atoms with Gasteiger partial charge in [0.1, 0.15) is 6.61 Å². The molecule has 10 heteroatoms. The van der Waals surface area contributed by atoms with Crippen LogP contribution in [0.5, 0.6) is 11.5 Å². The first-order valence-corrected chi connectivity index (χ1v) is 15.5. The number of nitrogens with zero attached hydrogens (tertiary/aromatic N) is 3. The maximum absolute atomic E-state index is 14.1. The van der Waals surface area contributed by atoms with E-state index in [4.69, 9.17) is 26.1 Å². The molecule has 1 aromatic heterocycles. The van der Waals surface area contributed by atoms with Crippen molar-refractivity contribution in [2.75, 3.05) is 12.4 Å². The van der Waals surface area contributed by atoms with Gasteiger partial charge in [0.05, 0.1) is 40.6 Å². The summed E-state index contributed by atoms with van der Waals surface area (Å²) in [5.74, 6) is 0.631.